The Balaban J connectivity index is 2.45. The number of ether oxygens (including phenoxy) is 1. The van der Waals surface area contributed by atoms with Gasteiger partial charge in [-0.3, -0.25) is 0 Å². The van der Waals surface area contributed by atoms with E-state index >= 15 is 0 Å². The van der Waals surface area contributed by atoms with Crippen LogP contribution in [-0.4, -0.2) is 18.1 Å². The number of nitrogens with zero attached hydrogens (tertiary/aromatic N) is 1. The molecular formula is C13H10N2O2. The number of nitrogens with one attached hydrogen (secondary N) is 1. The predicted octanol–water partition coefficient (Wildman–Crippen LogP) is 2.49. The molecule has 1 N–H and O–H groups in total. The molecule has 0 unspecified atom stereocenters. The van der Waals surface area contributed by atoms with Gasteiger partial charge in [0.1, 0.15) is 5.69 Å². The fourth-order valence-electron chi connectivity index (χ4n) is 1.60. The standard InChI is InChI=1S/C13H10N2O2/c1-17-13(16)12-8-10-5-4-9(3-2-6-14)7-11(10)15-12/h2-5,7-8,15H,1H3. The Hall–Kier alpha value is -2.54. The Bertz CT molecular complexity index is 632. The minimum Gasteiger partial charge on any atom is -0.464 e. The molecule has 0 spiro atoms. The number of aromatic nitrogens is 1. The highest BCUT2D eigenvalue weighted by Crippen LogP contribution is 2.18. The molecule has 0 amide bonds. The average Bonchev–Trinajstić information content (AvgIpc) is 2.78. The van der Waals surface area contributed by atoms with Gasteiger partial charge < -0.3 is 9.72 Å². The van der Waals surface area contributed by atoms with E-state index in [0.717, 1.165) is 16.5 Å². The number of methoxy groups -OCH3 is 1. The molecule has 0 saturated carbocycles. The van der Waals surface area contributed by atoms with Crippen molar-refractivity contribution in [2.45, 2.75) is 0 Å². The maximum Gasteiger partial charge on any atom is 0.354 e. The molecule has 0 aliphatic rings. The highest BCUT2D eigenvalue weighted by molar-refractivity contribution is 5.95. The van der Waals surface area contributed by atoms with Crippen LogP contribution in [0.4, 0.5) is 0 Å². The third kappa shape index (κ3) is 2.18. The largest absolute Gasteiger partial charge is 0.464 e. The number of fused-ring (bicyclic) bond motifs is 1. The molecule has 2 rings (SSSR count). The second-order valence-electron chi connectivity index (χ2n) is 3.48. The Kier molecular flexibility index (Phi) is 2.93. The Morgan fingerprint density at radius 3 is 3.00 bits per heavy atom. The van der Waals surface area contributed by atoms with Gasteiger partial charge >= 0.3 is 5.97 Å². The van der Waals surface area contributed by atoms with E-state index in [4.69, 9.17) is 5.26 Å². The fourth-order valence-corrected chi connectivity index (χ4v) is 1.60. The normalized spacial score (nSPS) is 10.6. The van der Waals surface area contributed by atoms with Crippen LogP contribution in [0.25, 0.3) is 17.0 Å². The lowest BCUT2D eigenvalue weighted by molar-refractivity contribution is 0.0595. The second-order valence-corrected chi connectivity index (χ2v) is 3.48. The van der Waals surface area contributed by atoms with E-state index in [9.17, 15) is 4.79 Å². The first kappa shape index (κ1) is 11.0. The lowest BCUT2D eigenvalue weighted by Gasteiger charge is -1.93. The van der Waals surface area contributed by atoms with E-state index in [1.807, 2.05) is 24.3 Å². The lowest BCUT2D eigenvalue weighted by atomic mass is 10.1. The van der Waals surface area contributed by atoms with E-state index in [1.54, 1.807) is 12.1 Å². The molecule has 0 aliphatic carbocycles. The summed E-state index contributed by atoms with van der Waals surface area (Å²) >= 11 is 0. The van der Waals surface area contributed by atoms with E-state index < -0.39 is 5.97 Å². The number of hydrogen-bond acceptors (Lipinski definition) is 3. The summed E-state index contributed by atoms with van der Waals surface area (Å²) in [5.74, 6) is -0.393. The van der Waals surface area contributed by atoms with Crippen LogP contribution in [0.2, 0.25) is 0 Å². The smallest absolute Gasteiger partial charge is 0.354 e. The summed E-state index contributed by atoms with van der Waals surface area (Å²) in [6, 6.07) is 9.30. The number of rotatable bonds is 2. The van der Waals surface area contributed by atoms with Gasteiger partial charge in [0.25, 0.3) is 0 Å². The van der Waals surface area contributed by atoms with Crippen LogP contribution in [0, 0.1) is 11.3 Å². The van der Waals surface area contributed by atoms with Crippen LogP contribution in [-0.2, 0) is 4.74 Å². The van der Waals surface area contributed by atoms with Gasteiger partial charge in [0.05, 0.1) is 13.2 Å². The quantitative estimate of drug-likeness (QED) is 0.632. The second kappa shape index (κ2) is 4.54. The average molecular weight is 226 g/mol. The molecule has 2 aromatic rings. The highest BCUT2D eigenvalue weighted by Gasteiger charge is 2.08. The summed E-state index contributed by atoms with van der Waals surface area (Å²) in [5.41, 5.74) is 2.16. The predicted molar refractivity (Wildman–Crippen MR) is 64.3 cm³/mol. The third-order valence-corrected chi connectivity index (χ3v) is 2.40. The maximum atomic E-state index is 11.3. The van der Waals surface area contributed by atoms with E-state index in [-0.39, 0.29) is 0 Å². The number of esters is 1. The lowest BCUT2D eigenvalue weighted by Crippen LogP contribution is -2.00. The summed E-state index contributed by atoms with van der Waals surface area (Å²) in [6.07, 6.45) is 3.11. The van der Waals surface area contributed by atoms with E-state index in [2.05, 4.69) is 9.72 Å². The van der Waals surface area contributed by atoms with Gasteiger partial charge in [0.2, 0.25) is 0 Å². The number of benzene rings is 1. The van der Waals surface area contributed by atoms with E-state index in [0.29, 0.717) is 5.69 Å². The first-order valence-corrected chi connectivity index (χ1v) is 5.02. The maximum absolute atomic E-state index is 11.3. The Labute approximate surface area is 98.1 Å². The first-order chi connectivity index (χ1) is 8.24. The molecule has 4 heteroatoms. The molecule has 4 nitrogen and oxygen atoms in total. The van der Waals surface area contributed by atoms with Crippen molar-refractivity contribution in [1.29, 1.82) is 5.26 Å². The van der Waals surface area contributed by atoms with Crippen molar-refractivity contribution in [3.05, 3.63) is 41.6 Å². The van der Waals surface area contributed by atoms with Crippen LogP contribution < -0.4 is 0 Å². The zero-order valence-corrected chi connectivity index (χ0v) is 9.23. The molecule has 84 valence electrons. The molecule has 0 radical (unpaired) electrons. The van der Waals surface area contributed by atoms with Gasteiger partial charge in [-0.1, -0.05) is 12.1 Å². The van der Waals surface area contributed by atoms with Crippen LogP contribution in [0.5, 0.6) is 0 Å². The summed E-state index contributed by atoms with van der Waals surface area (Å²) < 4.78 is 4.63. The highest BCUT2D eigenvalue weighted by atomic mass is 16.5. The van der Waals surface area contributed by atoms with Gasteiger partial charge in [0.15, 0.2) is 0 Å². The zero-order chi connectivity index (χ0) is 12.3. The van der Waals surface area contributed by atoms with Gasteiger partial charge in [-0.2, -0.15) is 5.26 Å². The van der Waals surface area contributed by atoms with Gasteiger partial charge in [0, 0.05) is 17.0 Å². The zero-order valence-electron chi connectivity index (χ0n) is 9.23. The topological polar surface area (TPSA) is 65.9 Å². The van der Waals surface area contributed by atoms with Crippen LogP contribution in [0.1, 0.15) is 16.1 Å². The van der Waals surface area contributed by atoms with E-state index in [1.165, 1.54) is 13.2 Å². The van der Waals surface area contributed by atoms with Crippen LogP contribution in [0.3, 0.4) is 0 Å². The molecule has 0 fully saturated rings. The summed E-state index contributed by atoms with van der Waals surface area (Å²) in [7, 11) is 1.34. The van der Waals surface area contributed by atoms with Crippen molar-refractivity contribution in [3.63, 3.8) is 0 Å². The number of carbonyl (C=O) groups excluding carboxylic acids is 1. The Morgan fingerprint density at radius 1 is 1.47 bits per heavy atom. The summed E-state index contributed by atoms with van der Waals surface area (Å²) in [4.78, 5) is 14.3. The summed E-state index contributed by atoms with van der Waals surface area (Å²) in [6.45, 7) is 0. The van der Waals surface area contributed by atoms with Crippen LogP contribution in [0.15, 0.2) is 30.3 Å². The van der Waals surface area contributed by atoms with Crippen molar-refractivity contribution in [1.82, 2.24) is 4.98 Å². The number of carbonyl (C=O) groups is 1. The minimum absolute atomic E-state index is 0.393. The number of H-pyrrole nitrogens is 1. The number of nitriles is 1. The van der Waals surface area contributed by atoms with Crippen LogP contribution >= 0.6 is 0 Å². The molecule has 1 aromatic carbocycles. The Morgan fingerprint density at radius 2 is 2.29 bits per heavy atom. The van der Waals surface area contributed by atoms with Gasteiger partial charge in [-0.05, 0) is 23.8 Å². The van der Waals surface area contributed by atoms with Gasteiger partial charge in [-0.15, -0.1) is 0 Å². The molecule has 0 atom stereocenters. The van der Waals surface area contributed by atoms with Gasteiger partial charge in [-0.25, -0.2) is 4.79 Å². The van der Waals surface area contributed by atoms with Crippen molar-refractivity contribution in [2.75, 3.05) is 7.11 Å². The molecule has 0 aliphatic heterocycles. The molecular weight excluding hydrogens is 216 g/mol. The molecule has 1 aromatic heterocycles. The molecule has 0 bridgehead atoms. The van der Waals surface area contributed by atoms with Crippen molar-refractivity contribution < 1.29 is 9.53 Å². The number of aromatic amines is 1. The summed E-state index contributed by atoms with van der Waals surface area (Å²) in [5, 5.41) is 9.37. The van der Waals surface area contributed by atoms with Crippen molar-refractivity contribution >= 4 is 22.9 Å². The first-order valence-electron chi connectivity index (χ1n) is 5.02. The van der Waals surface area contributed by atoms with Crippen molar-refractivity contribution in [2.24, 2.45) is 0 Å². The van der Waals surface area contributed by atoms with Crippen molar-refractivity contribution in [3.8, 4) is 6.07 Å². The molecule has 0 saturated heterocycles. The molecule has 17 heavy (non-hydrogen) atoms. The molecule has 1 heterocycles. The SMILES string of the molecule is COC(=O)c1cc2ccc(C=CC#N)cc2[nH]1. The number of hydrogen-bond donors (Lipinski definition) is 1. The monoisotopic (exact) mass is 226 g/mol. The number of allylic oxidation sites excluding steroid dienone is 1. The fraction of sp³-hybridized carbons (Fsp3) is 0.0769. The third-order valence-electron chi connectivity index (χ3n) is 2.40. The minimum atomic E-state index is -0.393.